The van der Waals surface area contributed by atoms with Gasteiger partial charge in [-0.25, -0.2) is 18.7 Å². The summed E-state index contributed by atoms with van der Waals surface area (Å²) in [6.45, 7) is 5.34. The molecule has 0 radical (unpaired) electrons. The third-order valence-electron chi connectivity index (χ3n) is 5.10. The summed E-state index contributed by atoms with van der Waals surface area (Å²) in [5.41, 5.74) is -0.105. The summed E-state index contributed by atoms with van der Waals surface area (Å²) >= 11 is 5.70. The van der Waals surface area contributed by atoms with Crippen LogP contribution in [0.25, 0.3) is 22.2 Å². The Morgan fingerprint density at radius 3 is 2.69 bits per heavy atom. The van der Waals surface area contributed by atoms with Crippen molar-refractivity contribution in [1.29, 1.82) is 0 Å². The van der Waals surface area contributed by atoms with Crippen LogP contribution in [0.5, 0.6) is 0 Å². The molecule has 3 aromatic rings. The zero-order valence-corrected chi connectivity index (χ0v) is 16.9. The van der Waals surface area contributed by atoms with Gasteiger partial charge in [-0.15, -0.1) is 0 Å². The van der Waals surface area contributed by atoms with Crippen molar-refractivity contribution >= 4 is 28.3 Å². The molecule has 0 spiro atoms. The Labute approximate surface area is 170 Å². The quantitative estimate of drug-likeness (QED) is 0.594. The fourth-order valence-corrected chi connectivity index (χ4v) is 3.62. The molecule has 9 heteroatoms. The molecule has 6 nitrogen and oxygen atoms in total. The highest BCUT2D eigenvalue weighted by molar-refractivity contribution is 6.30. The highest BCUT2D eigenvalue weighted by Crippen LogP contribution is 2.32. The van der Waals surface area contributed by atoms with Crippen molar-refractivity contribution in [2.75, 3.05) is 24.6 Å². The normalized spacial score (nSPS) is 17.2. The molecule has 3 heterocycles. The molecule has 0 saturated carbocycles. The molecule has 152 valence electrons. The number of halogens is 3. The first-order chi connectivity index (χ1) is 13.8. The van der Waals surface area contributed by atoms with Crippen molar-refractivity contribution in [3.05, 3.63) is 51.0 Å². The van der Waals surface area contributed by atoms with Gasteiger partial charge in [0.05, 0.1) is 34.3 Å². The van der Waals surface area contributed by atoms with E-state index in [1.807, 2.05) is 11.8 Å². The number of aryl methyl sites for hydroxylation is 1. The number of benzene rings is 1. The lowest BCUT2D eigenvalue weighted by molar-refractivity contribution is 0.0529. The van der Waals surface area contributed by atoms with Gasteiger partial charge in [0, 0.05) is 31.8 Å². The molecule has 0 bridgehead atoms. The smallest absolute Gasteiger partial charge is 0.263 e. The lowest BCUT2D eigenvalue weighted by Crippen LogP contribution is -2.41. The molecule has 0 N–H and O–H groups in total. The summed E-state index contributed by atoms with van der Waals surface area (Å²) in [6.07, 6.45) is -0.00672. The van der Waals surface area contributed by atoms with Crippen molar-refractivity contribution < 1.29 is 13.5 Å². The molecule has 2 aromatic heterocycles. The Bertz CT molecular complexity index is 1180. The first-order valence-corrected chi connectivity index (χ1v) is 9.54. The summed E-state index contributed by atoms with van der Waals surface area (Å²) < 4.78 is 35.8. The van der Waals surface area contributed by atoms with Gasteiger partial charge < -0.3 is 9.64 Å². The predicted molar refractivity (Wildman–Crippen MR) is 108 cm³/mol. The van der Waals surface area contributed by atoms with Crippen LogP contribution in [0.1, 0.15) is 12.7 Å². The van der Waals surface area contributed by atoms with Crippen LogP contribution in [0.2, 0.25) is 5.02 Å². The van der Waals surface area contributed by atoms with Crippen LogP contribution in [-0.2, 0) is 11.8 Å². The van der Waals surface area contributed by atoms with Crippen LogP contribution in [0, 0.1) is 18.6 Å². The minimum absolute atomic E-state index is 0.00672. The largest absolute Gasteiger partial charge is 0.375 e. The van der Waals surface area contributed by atoms with Crippen LogP contribution in [0.4, 0.5) is 14.6 Å². The molecule has 1 aliphatic rings. The van der Waals surface area contributed by atoms with Gasteiger partial charge >= 0.3 is 0 Å². The Morgan fingerprint density at radius 2 is 1.97 bits per heavy atom. The molecule has 29 heavy (non-hydrogen) atoms. The average molecular weight is 421 g/mol. The van der Waals surface area contributed by atoms with Crippen molar-refractivity contribution in [2.24, 2.45) is 7.05 Å². The van der Waals surface area contributed by atoms with E-state index >= 15 is 0 Å². The van der Waals surface area contributed by atoms with Crippen molar-refractivity contribution in [3.8, 4) is 11.3 Å². The number of rotatable bonds is 2. The van der Waals surface area contributed by atoms with Crippen LogP contribution in [-0.4, -0.2) is 40.3 Å². The van der Waals surface area contributed by atoms with Gasteiger partial charge in [-0.3, -0.25) is 9.36 Å². The van der Waals surface area contributed by atoms with Crippen LogP contribution >= 0.6 is 11.6 Å². The first-order valence-electron chi connectivity index (χ1n) is 9.16. The van der Waals surface area contributed by atoms with Gasteiger partial charge in [0.2, 0.25) is 0 Å². The third-order valence-corrected chi connectivity index (χ3v) is 5.39. The fraction of sp³-hybridized carbons (Fsp3) is 0.350. The number of fused-ring (bicyclic) bond motifs is 1. The minimum Gasteiger partial charge on any atom is -0.375 e. The summed E-state index contributed by atoms with van der Waals surface area (Å²) in [6, 6.07) is 3.55. The van der Waals surface area contributed by atoms with E-state index in [0.717, 1.165) is 12.1 Å². The van der Waals surface area contributed by atoms with Gasteiger partial charge in [-0.1, -0.05) is 11.6 Å². The van der Waals surface area contributed by atoms with Crippen LogP contribution < -0.4 is 10.5 Å². The lowest BCUT2D eigenvalue weighted by Gasteiger charge is -2.32. The van der Waals surface area contributed by atoms with E-state index < -0.39 is 11.6 Å². The number of anilines is 1. The standard InChI is InChI=1S/C20H19ClF2N4O2/c1-10-9-27(4-5-29-10)17-8-16-18(20(28)26(3)11(2)24-16)19(25-17)12-6-15(23)13(21)7-14(12)22/h6-8,10H,4-5,9H2,1-3H3/t10-/m1/s1. The van der Waals surface area contributed by atoms with E-state index in [1.165, 1.54) is 4.57 Å². The van der Waals surface area contributed by atoms with Crippen molar-refractivity contribution in [1.82, 2.24) is 14.5 Å². The SMILES string of the molecule is Cc1nc2cc(N3CCO[C@H](C)C3)nc(-c3cc(F)c(Cl)cc3F)c2c(=O)n1C. The van der Waals surface area contributed by atoms with E-state index in [4.69, 9.17) is 16.3 Å². The van der Waals surface area contributed by atoms with Crippen LogP contribution in [0.3, 0.4) is 0 Å². The van der Waals surface area contributed by atoms with Crippen LogP contribution in [0.15, 0.2) is 23.0 Å². The number of pyridine rings is 1. The second kappa shape index (κ2) is 7.35. The number of ether oxygens (including phenoxy) is 1. The number of morpholine rings is 1. The molecule has 0 unspecified atom stereocenters. The van der Waals surface area contributed by atoms with Gasteiger partial charge in [-0.2, -0.15) is 0 Å². The Hall–Kier alpha value is -2.58. The summed E-state index contributed by atoms with van der Waals surface area (Å²) in [5.74, 6) is -0.526. The molecule has 1 aromatic carbocycles. The molecule has 1 aliphatic heterocycles. The number of hydrogen-bond acceptors (Lipinski definition) is 5. The minimum atomic E-state index is -0.791. The molecular weight excluding hydrogens is 402 g/mol. The average Bonchev–Trinajstić information content (AvgIpc) is 2.68. The maximum absolute atomic E-state index is 14.7. The second-order valence-electron chi connectivity index (χ2n) is 7.12. The summed E-state index contributed by atoms with van der Waals surface area (Å²) in [4.78, 5) is 24.0. The predicted octanol–water partition coefficient (Wildman–Crippen LogP) is 3.46. The molecule has 1 saturated heterocycles. The van der Waals surface area contributed by atoms with E-state index in [9.17, 15) is 13.6 Å². The van der Waals surface area contributed by atoms with E-state index in [0.29, 0.717) is 36.9 Å². The maximum atomic E-state index is 14.7. The Kier molecular flexibility index (Phi) is 5.00. The summed E-state index contributed by atoms with van der Waals surface area (Å²) in [7, 11) is 1.57. The molecule has 4 rings (SSSR count). The molecule has 1 atom stereocenters. The zero-order chi connectivity index (χ0) is 20.9. The van der Waals surface area contributed by atoms with Crippen molar-refractivity contribution in [3.63, 3.8) is 0 Å². The molecule has 0 amide bonds. The van der Waals surface area contributed by atoms with Crippen molar-refractivity contribution in [2.45, 2.75) is 20.0 Å². The van der Waals surface area contributed by atoms with E-state index in [2.05, 4.69) is 9.97 Å². The molecule has 0 aliphatic carbocycles. The second-order valence-corrected chi connectivity index (χ2v) is 7.53. The van der Waals surface area contributed by atoms with Gasteiger partial charge in [0.1, 0.15) is 23.3 Å². The Morgan fingerprint density at radius 1 is 1.21 bits per heavy atom. The Balaban J connectivity index is 2.04. The molecular formula is C20H19ClF2N4O2. The fourth-order valence-electron chi connectivity index (χ4n) is 3.47. The number of aromatic nitrogens is 3. The topological polar surface area (TPSA) is 60.2 Å². The lowest BCUT2D eigenvalue weighted by atomic mass is 10.1. The summed E-state index contributed by atoms with van der Waals surface area (Å²) in [5, 5.41) is -0.209. The van der Waals surface area contributed by atoms with Gasteiger partial charge in [0.15, 0.2) is 0 Å². The first kappa shape index (κ1) is 19.7. The highest BCUT2D eigenvalue weighted by Gasteiger charge is 2.23. The highest BCUT2D eigenvalue weighted by atomic mass is 35.5. The van der Waals surface area contributed by atoms with Gasteiger partial charge in [-0.05, 0) is 26.0 Å². The van der Waals surface area contributed by atoms with E-state index in [1.54, 1.807) is 20.0 Å². The monoisotopic (exact) mass is 420 g/mol. The molecule has 1 fully saturated rings. The van der Waals surface area contributed by atoms with Gasteiger partial charge in [0.25, 0.3) is 5.56 Å². The third kappa shape index (κ3) is 3.47. The zero-order valence-electron chi connectivity index (χ0n) is 16.2. The number of nitrogens with zero attached hydrogens (tertiary/aromatic N) is 4. The maximum Gasteiger partial charge on any atom is 0.263 e. The number of hydrogen-bond donors (Lipinski definition) is 0. The van der Waals surface area contributed by atoms with E-state index in [-0.39, 0.29) is 33.3 Å².